The molecular weight excluding hydrogens is 382 g/mol. The van der Waals surface area contributed by atoms with Gasteiger partial charge in [-0.1, -0.05) is 10.5 Å². The number of hydroxylamine groups is 1. The quantitative estimate of drug-likeness (QED) is 0.739. The lowest BCUT2D eigenvalue weighted by molar-refractivity contribution is -0.0258. The average Bonchev–Trinajstić information content (AvgIpc) is 2.74. The summed E-state index contributed by atoms with van der Waals surface area (Å²) >= 11 is 0. The van der Waals surface area contributed by atoms with E-state index in [0.717, 1.165) is 23.2 Å². The van der Waals surface area contributed by atoms with Crippen LogP contribution in [0.1, 0.15) is 10.4 Å². The summed E-state index contributed by atoms with van der Waals surface area (Å²) in [7, 11) is -1.17. The summed E-state index contributed by atoms with van der Waals surface area (Å²) in [5.41, 5.74) is 2.05. The molecule has 1 N–H and O–H groups in total. The zero-order valence-electron chi connectivity index (χ0n) is 15.8. The molecule has 28 heavy (non-hydrogen) atoms. The molecule has 1 amide bonds. The van der Waals surface area contributed by atoms with E-state index >= 15 is 0 Å². The first-order valence-electron chi connectivity index (χ1n) is 8.79. The van der Waals surface area contributed by atoms with Crippen molar-refractivity contribution in [3.05, 3.63) is 54.1 Å². The Morgan fingerprint density at radius 1 is 1.14 bits per heavy atom. The average molecular weight is 405 g/mol. The van der Waals surface area contributed by atoms with Crippen molar-refractivity contribution in [2.75, 3.05) is 50.7 Å². The van der Waals surface area contributed by atoms with Crippen molar-refractivity contribution in [1.82, 2.24) is 4.47 Å². The van der Waals surface area contributed by atoms with Crippen LogP contribution in [0, 0.1) is 0 Å². The highest BCUT2D eigenvalue weighted by Crippen LogP contribution is 2.21. The minimum Gasteiger partial charge on any atom is -0.378 e. The molecule has 2 aromatic carbocycles. The number of ether oxygens (including phenoxy) is 1. The third-order valence-electron chi connectivity index (χ3n) is 4.49. The number of amides is 1. The van der Waals surface area contributed by atoms with Gasteiger partial charge in [0.25, 0.3) is 15.9 Å². The van der Waals surface area contributed by atoms with Crippen LogP contribution in [-0.2, 0) is 19.6 Å². The van der Waals surface area contributed by atoms with E-state index in [1.54, 1.807) is 0 Å². The van der Waals surface area contributed by atoms with Gasteiger partial charge in [0, 0.05) is 37.1 Å². The summed E-state index contributed by atoms with van der Waals surface area (Å²) < 4.78 is 30.5. The lowest BCUT2D eigenvalue weighted by atomic mass is 10.2. The fourth-order valence-corrected chi connectivity index (χ4v) is 3.80. The molecule has 8 nitrogen and oxygen atoms in total. The van der Waals surface area contributed by atoms with Gasteiger partial charge in [-0.2, -0.15) is 0 Å². The summed E-state index contributed by atoms with van der Waals surface area (Å²) in [6, 6.07) is 13.3. The number of rotatable bonds is 6. The molecule has 9 heteroatoms. The summed E-state index contributed by atoms with van der Waals surface area (Å²) in [4.78, 5) is 19.5. The van der Waals surface area contributed by atoms with Gasteiger partial charge in [0.05, 0.1) is 25.2 Å². The van der Waals surface area contributed by atoms with Crippen molar-refractivity contribution in [3.63, 3.8) is 0 Å². The molecule has 0 atom stereocenters. The molecule has 1 aliphatic rings. The number of sulfonamides is 1. The maximum Gasteiger partial charge on any atom is 0.264 e. The van der Waals surface area contributed by atoms with Crippen LogP contribution in [0.25, 0.3) is 0 Å². The van der Waals surface area contributed by atoms with E-state index in [1.807, 2.05) is 24.3 Å². The number of nitrogens with one attached hydrogen (secondary N) is 1. The van der Waals surface area contributed by atoms with E-state index in [0.29, 0.717) is 24.5 Å². The summed E-state index contributed by atoms with van der Waals surface area (Å²) in [6.07, 6.45) is 0. The standard InChI is InChI=1S/C19H23N3O5S/c1-21(26-2)28(24,25)18-8-6-15(7-9-18)19(23)20-16-4-3-5-17(14-16)22-10-12-27-13-11-22/h3-9,14H,10-13H2,1-2H3,(H,20,23). The summed E-state index contributed by atoms with van der Waals surface area (Å²) in [5, 5.41) is 2.85. The Kier molecular flexibility index (Phi) is 6.30. The largest absolute Gasteiger partial charge is 0.378 e. The summed E-state index contributed by atoms with van der Waals surface area (Å²) in [5.74, 6) is -0.317. The molecule has 0 saturated carbocycles. The van der Waals surface area contributed by atoms with Crippen molar-refractivity contribution in [3.8, 4) is 0 Å². The van der Waals surface area contributed by atoms with Gasteiger partial charge >= 0.3 is 0 Å². The molecule has 150 valence electrons. The SMILES string of the molecule is CON(C)S(=O)(=O)c1ccc(C(=O)Nc2cccc(N3CCOCC3)c2)cc1. The smallest absolute Gasteiger partial charge is 0.264 e. The molecule has 0 radical (unpaired) electrons. The van der Waals surface area contributed by atoms with Crippen LogP contribution in [0.4, 0.5) is 11.4 Å². The Labute approximate surface area is 164 Å². The van der Waals surface area contributed by atoms with Gasteiger partial charge in [-0.3, -0.25) is 9.63 Å². The van der Waals surface area contributed by atoms with Gasteiger partial charge in [0.2, 0.25) is 0 Å². The van der Waals surface area contributed by atoms with Gasteiger partial charge in [-0.15, -0.1) is 0 Å². The lowest BCUT2D eigenvalue weighted by Gasteiger charge is -2.29. The van der Waals surface area contributed by atoms with Gasteiger partial charge in [0.1, 0.15) is 0 Å². The van der Waals surface area contributed by atoms with Crippen LogP contribution in [0.2, 0.25) is 0 Å². The van der Waals surface area contributed by atoms with Crippen molar-refractivity contribution in [1.29, 1.82) is 0 Å². The van der Waals surface area contributed by atoms with E-state index in [2.05, 4.69) is 10.2 Å². The molecule has 0 unspecified atom stereocenters. The number of nitrogens with zero attached hydrogens (tertiary/aromatic N) is 2. The van der Waals surface area contributed by atoms with Crippen LogP contribution in [-0.4, -0.2) is 59.3 Å². The molecule has 1 saturated heterocycles. The summed E-state index contributed by atoms with van der Waals surface area (Å²) in [6.45, 7) is 2.99. The zero-order valence-corrected chi connectivity index (χ0v) is 16.6. The predicted octanol–water partition coefficient (Wildman–Crippen LogP) is 1.96. The second-order valence-corrected chi connectivity index (χ2v) is 8.16. The molecule has 0 aromatic heterocycles. The molecule has 0 spiro atoms. The Hall–Kier alpha value is -2.46. The molecule has 3 rings (SSSR count). The third kappa shape index (κ3) is 4.50. The normalized spacial score (nSPS) is 14.9. The van der Waals surface area contributed by atoms with E-state index in [1.165, 1.54) is 38.4 Å². The molecule has 1 fully saturated rings. The van der Waals surface area contributed by atoms with Crippen molar-refractivity contribution in [2.24, 2.45) is 0 Å². The highest BCUT2D eigenvalue weighted by molar-refractivity contribution is 7.89. The molecule has 0 bridgehead atoms. The molecule has 1 heterocycles. The number of benzene rings is 2. The first-order chi connectivity index (χ1) is 13.4. The zero-order chi connectivity index (χ0) is 20.1. The molecule has 1 aliphatic heterocycles. The Bertz CT molecular complexity index is 925. The number of carbonyl (C=O) groups excluding carboxylic acids is 1. The Balaban J connectivity index is 1.71. The lowest BCUT2D eigenvalue weighted by Crippen LogP contribution is -2.36. The van der Waals surface area contributed by atoms with Gasteiger partial charge in [0.15, 0.2) is 0 Å². The van der Waals surface area contributed by atoms with Gasteiger partial charge in [-0.25, -0.2) is 8.42 Å². The molecule has 0 aliphatic carbocycles. The number of hydrogen-bond donors (Lipinski definition) is 1. The third-order valence-corrected chi connectivity index (χ3v) is 6.18. The van der Waals surface area contributed by atoms with E-state index in [9.17, 15) is 13.2 Å². The van der Waals surface area contributed by atoms with Crippen molar-refractivity contribution in [2.45, 2.75) is 4.90 Å². The number of hydrogen-bond acceptors (Lipinski definition) is 6. The maximum absolute atomic E-state index is 12.5. The van der Waals surface area contributed by atoms with Crippen molar-refractivity contribution >= 4 is 27.3 Å². The first kappa shape index (κ1) is 20.3. The Morgan fingerprint density at radius 3 is 2.46 bits per heavy atom. The van der Waals surface area contributed by atoms with Crippen molar-refractivity contribution < 1.29 is 22.8 Å². The highest BCUT2D eigenvalue weighted by atomic mass is 32.2. The first-order valence-corrected chi connectivity index (χ1v) is 10.2. The van der Waals surface area contributed by atoms with Crippen LogP contribution in [0.5, 0.6) is 0 Å². The number of anilines is 2. The topological polar surface area (TPSA) is 88.2 Å². The number of morpholine rings is 1. The second-order valence-electron chi connectivity index (χ2n) is 6.23. The minimum absolute atomic E-state index is 0.0442. The fourth-order valence-electron chi connectivity index (χ4n) is 2.83. The van der Waals surface area contributed by atoms with Crippen LogP contribution >= 0.6 is 0 Å². The van der Waals surface area contributed by atoms with E-state index < -0.39 is 10.0 Å². The second kappa shape index (κ2) is 8.70. The van der Waals surface area contributed by atoms with Gasteiger partial charge in [-0.05, 0) is 42.5 Å². The molecule has 2 aromatic rings. The van der Waals surface area contributed by atoms with Crippen LogP contribution in [0.15, 0.2) is 53.4 Å². The number of carbonyl (C=O) groups is 1. The van der Waals surface area contributed by atoms with E-state index in [4.69, 9.17) is 9.57 Å². The minimum atomic E-state index is -3.74. The molecular formula is C19H23N3O5S. The predicted molar refractivity (Wildman–Crippen MR) is 106 cm³/mol. The van der Waals surface area contributed by atoms with Crippen LogP contribution in [0.3, 0.4) is 0 Å². The Morgan fingerprint density at radius 2 is 1.82 bits per heavy atom. The fraction of sp³-hybridized carbons (Fsp3) is 0.316. The van der Waals surface area contributed by atoms with Gasteiger partial charge < -0.3 is 15.0 Å². The monoisotopic (exact) mass is 405 g/mol. The van der Waals surface area contributed by atoms with Crippen LogP contribution < -0.4 is 10.2 Å². The highest BCUT2D eigenvalue weighted by Gasteiger charge is 2.21. The van der Waals surface area contributed by atoms with E-state index in [-0.39, 0.29) is 10.8 Å². The maximum atomic E-state index is 12.5.